The molecule has 0 aliphatic carbocycles. The number of amides is 1. The molecule has 1 amide bonds. The Labute approximate surface area is 176 Å². The highest BCUT2D eigenvalue weighted by Gasteiger charge is 2.24. The number of carboxylic acid groups (broad SMARTS) is 2. The van der Waals surface area contributed by atoms with Crippen LogP contribution in [0.15, 0.2) is 0 Å². The van der Waals surface area contributed by atoms with Crippen LogP contribution >= 0.6 is 0 Å². The number of aldehydes is 1. The van der Waals surface area contributed by atoms with E-state index in [1.807, 2.05) is 18.7 Å². The lowest BCUT2D eigenvalue weighted by molar-refractivity contribution is -0.140. The number of aliphatic carboxylic acids is 2. The smallest absolute Gasteiger partial charge is 0.317 e. The van der Waals surface area contributed by atoms with Crippen LogP contribution in [0.4, 0.5) is 0 Å². The van der Waals surface area contributed by atoms with Crippen molar-refractivity contribution in [1.82, 2.24) is 30.2 Å². The van der Waals surface area contributed by atoms with E-state index in [4.69, 9.17) is 10.2 Å². The van der Waals surface area contributed by atoms with Gasteiger partial charge in [0.25, 0.3) is 0 Å². The zero-order chi connectivity index (χ0) is 22.5. The largest absolute Gasteiger partial charge is 0.480 e. The highest BCUT2D eigenvalue weighted by molar-refractivity contribution is 5.78. The molecule has 0 aromatic carbocycles. The van der Waals surface area contributed by atoms with E-state index in [1.165, 1.54) is 0 Å². The molecule has 0 saturated carbocycles. The number of carbonyl (C=O) groups excluding carboxylic acids is 2. The van der Waals surface area contributed by atoms with Crippen LogP contribution in [-0.2, 0) is 19.2 Å². The van der Waals surface area contributed by atoms with Gasteiger partial charge < -0.3 is 25.6 Å². The van der Waals surface area contributed by atoms with E-state index in [1.54, 1.807) is 14.7 Å². The molecule has 30 heavy (non-hydrogen) atoms. The average molecular weight is 431 g/mol. The normalized spacial score (nSPS) is 17.8. The molecule has 0 spiro atoms. The average Bonchev–Trinajstić information content (AvgIpc) is 2.68. The molecule has 4 N–H and O–H groups in total. The number of nitrogens with zero attached hydrogens (tertiary/aromatic N) is 4. The Morgan fingerprint density at radius 1 is 0.867 bits per heavy atom. The number of nitrogens with one attached hydrogen (secondary N) is 2. The van der Waals surface area contributed by atoms with Crippen molar-refractivity contribution in [3.05, 3.63) is 0 Å². The van der Waals surface area contributed by atoms with Gasteiger partial charge in [-0.25, -0.2) is 0 Å². The molecule has 12 nitrogen and oxygen atoms in total. The van der Waals surface area contributed by atoms with Gasteiger partial charge in [0.05, 0.1) is 46.2 Å². The molecule has 1 rings (SSSR count). The van der Waals surface area contributed by atoms with E-state index in [2.05, 4.69) is 10.6 Å². The van der Waals surface area contributed by atoms with E-state index in [-0.39, 0.29) is 52.1 Å². The van der Waals surface area contributed by atoms with Crippen molar-refractivity contribution in [2.75, 3.05) is 72.4 Å². The molecule has 172 valence electrons. The summed E-state index contributed by atoms with van der Waals surface area (Å²) in [5.74, 6) is -2.23. The van der Waals surface area contributed by atoms with Gasteiger partial charge in [-0.2, -0.15) is 0 Å². The van der Waals surface area contributed by atoms with Crippen LogP contribution in [0.25, 0.3) is 0 Å². The topological polar surface area (TPSA) is 146 Å². The Hall–Kier alpha value is -2.12. The lowest BCUT2D eigenvalue weighted by Crippen LogP contribution is -2.48. The van der Waals surface area contributed by atoms with Crippen molar-refractivity contribution in [2.24, 2.45) is 0 Å². The standard InChI is InChI=1S/C18H34N6O6/c1-15(2)19-3-4-20-16(26)9-21-5-6-22(10-17(27)28)13-24(11-18(29)30)14-23(12-21)7-8-25/h8,15,19H,3-7,9-14H2,1-2H3,(H,20,26)(H,27,28)(H,29,30). The zero-order valence-corrected chi connectivity index (χ0v) is 17.7. The van der Waals surface area contributed by atoms with E-state index in [0.717, 1.165) is 6.29 Å². The molecule has 12 heteroatoms. The fourth-order valence-corrected chi connectivity index (χ4v) is 3.15. The number of rotatable bonds is 12. The molecule has 0 aromatic rings. The van der Waals surface area contributed by atoms with Crippen LogP contribution in [0.3, 0.4) is 0 Å². The van der Waals surface area contributed by atoms with Gasteiger partial charge in [0.2, 0.25) is 5.91 Å². The third kappa shape index (κ3) is 11.8. The second-order valence-electron chi connectivity index (χ2n) is 7.62. The first-order valence-electron chi connectivity index (χ1n) is 9.96. The molecule has 1 aliphatic rings. The van der Waals surface area contributed by atoms with Crippen molar-refractivity contribution in [3.63, 3.8) is 0 Å². The Bertz CT molecular complexity index is 575. The van der Waals surface area contributed by atoms with E-state index in [9.17, 15) is 19.2 Å². The summed E-state index contributed by atoms with van der Waals surface area (Å²) >= 11 is 0. The Morgan fingerprint density at radius 3 is 1.97 bits per heavy atom. The molecule has 0 radical (unpaired) electrons. The summed E-state index contributed by atoms with van der Waals surface area (Å²) in [5.41, 5.74) is 0. The SMILES string of the molecule is CC(C)NCCNC(=O)CN1CCN(CC(=O)O)CN(CC(=O)O)CN(CC=O)C1. The highest BCUT2D eigenvalue weighted by atomic mass is 16.4. The van der Waals surface area contributed by atoms with Crippen molar-refractivity contribution in [2.45, 2.75) is 19.9 Å². The summed E-state index contributed by atoms with van der Waals surface area (Å²) in [6.07, 6.45) is 0.724. The molecule has 1 saturated heterocycles. The first kappa shape index (κ1) is 25.9. The van der Waals surface area contributed by atoms with E-state index < -0.39 is 11.9 Å². The second-order valence-corrected chi connectivity index (χ2v) is 7.62. The van der Waals surface area contributed by atoms with Crippen LogP contribution in [0, 0.1) is 0 Å². The van der Waals surface area contributed by atoms with Gasteiger partial charge in [-0.1, -0.05) is 13.8 Å². The molecule has 0 unspecified atom stereocenters. The van der Waals surface area contributed by atoms with E-state index >= 15 is 0 Å². The summed E-state index contributed by atoms with van der Waals surface area (Å²) in [6.45, 7) is 6.15. The predicted molar refractivity (Wildman–Crippen MR) is 109 cm³/mol. The number of carbonyl (C=O) groups is 4. The zero-order valence-electron chi connectivity index (χ0n) is 17.7. The van der Waals surface area contributed by atoms with Crippen LogP contribution < -0.4 is 10.6 Å². The van der Waals surface area contributed by atoms with E-state index in [0.29, 0.717) is 32.2 Å². The molecule has 0 aromatic heterocycles. The minimum absolute atomic E-state index is 0.0749. The minimum Gasteiger partial charge on any atom is -0.480 e. The van der Waals surface area contributed by atoms with Crippen molar-refractivity contribution >= 4 is 24.1 Å². The van der Waals surface area contributed by atoms with Crippen LogP contribution in [0.5, 0.6) is 0 Å². The monoisotopic (exact) mass is 430 g/mol. The van der Waals surface area contributed by atoms with Gasteiger partial charge in [-0.05, 0) is 0 Å². The van der Waals surface area contributed by atoms with Crippen LogP contribution in [0.1, 0.15) is 13.8 Å². The fraction of sp³-hybridized carbons (Fsp3) is 0.778. The maximum atomic E-state index is 12.3. The van der Waals surface area contributed by atoms with Crippen LogP contribution in [-0.4, -0.2) is 132 Å². The van der Waals surface area contributed by atoms with Gasteiger partial charge in [-0.3, -0.25) is 34.0 Å². The fourth-order valence-electron chi connectivity index (χ4n) is 3.15. The Kier molecular flexibility index (Phi) is 12.1. The number of hydrogen-bond acceptors (Lipinski definition) is 9. The number of carboxylic acids is 2. The third-order valence-corrected chi connectivity index (χ3v) is 4.35. The molecule has 0 atom stereocenters. The lowest BCUT2D eigenvalue weighted by atomic mass is 10.4. The maximum Gasteiger partial charge on any atom is 0.317 e. The first-order chi connectivity index (χ1) is 14.2. The summed E-state index contributed by atoms with van der Waals surface area (Å²) < 4.78 is 0. The lowest BCUT2D eigenvalue weighted by Gasteiger charge is -2.31. The molecular weight excluding hydrogens is 396 g/mol. The third-order valence-electron chi connectivity index (χ3n) is 4.35. The quantitative estimate of drug-likeness (QED) is 0.193. The molecule has 1 fully saturated rings. The Balaban J connectivity index is 2.78. The molecule has 0 bridgehead atoms. The Morgan fingerprint density at radius 2 is 1.40 bits per heavy atom. The van der Waals surface area contributed by atoms with Crippen molar-refractivity contribution in [3.8, 4) is 0 Å². The number of hydrogen-bond donors (Lipinski definition) is 4. The van der Waals surface area contributed by atoms with Gasteiger partial charge >= 0.3 is 11.9 Å². The van der Waals surface area contributed by atoms with Gasteiger partial charge in [0.15, 0.2) is 0 Å². The van der Waals surface area contributed by atoms with Gasteiger partial charge in [0, 0.05) is 32.2 Å². The van der Waals surface area contributed by atoms with Gasteiger partial charge in [-0.15, -0.1) is 0 Å². The highest BCUT2D eigenvalue weighted by Crippen LogP contribution is 2.05. The molecule has 1 heterocycles. The van der Waals surface area contributed by atoms with Gasteiger partial charge in [0.1, 0.15) is 6.29 Å². The maximum absolute atomic E-state index is 12.3. The minimum atomic E-state index is -1.04. The summed E-state index contributed by atoms with van der Waals surface area (Å²) in [7, 11) is 0. The van der Waals surface area contributed by atoms with Crippen molar-refractivity contribution < 1.29 is 29.4 Å². The molecular formula is C18H34N6O6. The van der Waals surface area contributed by atoms with Crippen LogP contribution in [0.2, 0.25) is 0 Å². The van der Waals surface area contributed by atoms with Crippen molar-refractivity contribution in [1.29, 1.82) is 0 Å². The predicted octanol–water partition coefficient (Wildman–Crippen LogP) is -2.44. The second kappa shape index (κ2) is 14.0. The summed E-state index contributed by atoms with van der Waals surface area (Å²) in [6, 6.07) is 0.325. The summed E-state index contributed by atoms with van der Waals surface area (Å²) in [4.78, 5) is 52.5. The molecule has 1 aliphatic heterocycles. The summed E-state index contributed by atoms with van der Waals surface area (Å²) in [5, 5.41) is 24.4. The first-order valence-corrected chi connectivity index (χ1v) is 9.96.